The Morgan fingerprint density at radius 3 is 2.80 bits per heavy atom. The van der Waals surface area contributed by atoms with Crippen LogP contribution in [-0.2, 0) is 16.1 Å². The van der Waals surface area contributed by atoms with Crippen LogP contribution in [0.5, 0.6) is 5.75 Å². The molecule has 2 fully saturated rings. The number of carbonyl (C=O) groups excluding carboxylic acids is 1. The maximum Gasteiger partial charge on any atom is 0.276 e. The van der Waals surface area contributed by atoms with E-state index in [4.69, 9.17) is 37.7 Å². The van der Waals surface area contributed by atoms with Crippen molar-refractivity contribution in [1.29, 1.82) is 0 Å². The summed E-state index contributed by atoms with van der Waals surface area (Å²) in [4.78, 5) is 14.2. The Morgan fingerprint density at radius 2 is 2.10 bits per heavy atom. The SMILES string of the molecule is Cc1cc(OCc2ccc(/C=C3/NC(=S)N(CC4CCCO4)C3=O)o2)cc(C)c1Cl. The quantitative estimate of drug-likeness (QED) is 0.525. The predicted molar refractivity (Wildman–Crippen MR) is 118 cm³/mol. The molecule has 1 aromatic carbocycles. The number of nitrogens with zero attached hydrogens (tertiary/aromatic N) is 1. The predicted octanol–water partition coefficient (Wildman–Crippen LogP) is 4.37. The topological polar surface area (TPSA) is 63.9 Å². The largest absolute Gasteiger partial charge is 0.486 e. The fraction of sp³-hybridized carbons (Fsp3) is 0.364. The van der Waals surface area contributed by atoms with Crippen LogP contribution in [0.15, 0.2) is 34.4 Å². The molecule has 1 amide bonds. The number of halogens is 1. The first kappa shape index (κ1) is 20.9. The summed E-state index contributed by atoms with van der Waals surface area (Å²) in [6, 6.07) is 7.41. The van der Waals surface area contributed by atoms with Gasteiger partial charge in [0.05, 0.1) is 12.6 Å². The number of furan rings is 1. The number of hydrogen-bond donors (Lipinski definition) is 1. The summed E-state index contributed by atoms with van der Waals surface area (Å²) in [5.41, 5.74) is 2.32. The molecule has 0 radical (unpaired) electrons. The first-order valence-electron chi connectivity index (χ1n) is 9.85. The van der Waals surface area contributed by atoms with Gasteiger partial charge in [-0.2, -0.15) is 0 Å². The van der Waals surface area contributed by atoms with E-state index in [0.717, 1.165) is 41.3 Å². The van der Waals surface area contributed by atoms with E-state index in [9.17, 15) is 4.79 Å². The zero-order chi connectivity index (χ0) is 21.3. The van der Waals surface area contributed by atoms with Crippen LogP contribution >= 0.6 is 23.8 Å². The number of carbonyl (C=O) groups is 1. The Labute approximate surface area is 185 Å². The second kappa shape index (κ2) is 8.79. The minimum atomic E-state index is -0.170. The zero-order valence-electron chi connectivity index (χ0n) is 16.9. The smallest absolute Gasteiger partial charge is 0.276 e. The molecule has 2 aliphatic heterocycles. The molecular weight excluding hydrogens is 424 g/mol. The molecule has 4 rings (SSSR count). The first-order valence-corrected chi connectivity index (χ1v) is 10.6. The highest BCUT2D eigenvalue weighted by atomic mass is 35.5. The van der Waals surface area contributed by atoms with Crippen LogP contribution < -0.4 is 10.1 Å². The van der Waals surface area contributed by atoms with Gasteiger partial charge in [-0.05, 0) is 74.3 Å². The zero-order valence-corrected chi connectivity index (χ0v) is 18.4. The van der Waals surface area contributed by atoms with Gasteiger partial charge in [-0.1, -0.05) is 11.6 Å². The lowest BCUT2D eigenvalue weighted by atomic mass is 10.1. The summed E-state index contributed by atoms with van der Waals surface area (Å²) in [6.45, 7) is 5.37. The lowest BCUT2D eigenvalue weighted by molar-refractivity contribution is -0.123. The van der Waals surface area contributed by atoms with Crippen LogP contribution in [0.1, 0.15) is 35.5 Å². The summed E-state index contributed by atoms with van der Waals surface area (Å²) >= 11 is 11.5. The van der Waals surface area contributed by atoms with E-state index in [2.05, 4.69) is 5.32 Å². The van der Waals surface area contributed by atoms with Gasteiger partial charge in [0.1, 0.15) is 29.6 Å². The molecule has 0 spiro atoms. The van der Waals surface area contributed by atoms with Crippen LogP contribution in [-0.4, -0.2) is 35.2 Å². The third kappa shape index (κ3) is 4.53. The average Bonchev–Trinajstić information content (AvgIpc) is 3.44. The van der Waals surface area contributed by atoms with Crippen molar-refractivity contribution in [2.24, 2.45) is 0 Å². The molecule has 1 atom stereocenters. The third-order valence-electron chi connectivity index (χ3n) is 5.13. The highest BCUT2D eigenvalue weighted by molar-refractivity contribution is 7.80. The lowest BCUT2D eigenvalue weighted by Crippen LogP contribution is -2.37. The molecule has 2 aromatic rings. The molecule has 8 heteroatoms. The number of benzene rings is 1. The van der Waals surface area contributed by atoms with E-state index < -0.39 is 0 Å². The summed E-state index contributed by atoms with van der Waals surface area (Å²) < 4.78 is 17.2. The van der Waals surface area contributed by atoms with Gasteiger partial charge in [0.2, 0.25) is 0 Å². The molecule has 1 unspecified atom stereocenters. The molecule has 0 bridgehead atoms. The summed E-state index contributed by atoms with van der Waals surface area (Å²) in [5.74, 6) is 1.76. The molecule has 0 saturated carbocycles. The highest BCUT2D eigenvalue weighted by Gasteiger charge is 2.33. The van der Waals surface area contributed by atoms with Gasteiger partial charge in [0.15, 0.2) is 5.11 Å². The van der Waals surface area contributed by atoms with Gasteiger partial charge < -0.3 is 19.2 Å². The fourth-order valence-corrected chi connectivity index (χ4v) is 3.94. The number of amides is 1. The van der Waals surface area contributed by atoms with Crippen LogP contribution in [0.3, 0.4) is 0 Å². The van der Waals surface area contributed by atoms with Gasteiger partial charge in [0.25, 0.3) is 5.91 Å². The maximum absolute atomic E-state index is 12.7. The van der Waals surface area contributed by atoms with Crippen molar-refractivity contribution in [3.8, 4) is 5.75 Å². The van der Waals surface area contributed by atoms with E-state index in [1.54, 1.807) is 17.0 Å². The molecule has 2 aliphatic rings. The lowest BCUT2D eigenvalue weighted by Gasteiger charge is -2.18. The Morgan fingerprint density at radius 1 is 1.33 bits per heavy atom. The molecule has 2 saturated heterocycles. The number of nitrogens with one attached hydrogen (secondary N) is 1. The second-order valence-corrected chi connectivity index (χ2v) is 8.27. The second-order valence-electron chi connectivity index (χ2n) is 7.50. The number of thiocarbonyl (C=S) groups is 1. The minimum absolute atomic E-state index is 0.0422. The van der Waals surface area contributed by atoms with Gasteiger partial charge >= 0.3 is 0 Å². The van der Waals surface area contributed by atoms with Crippen molar-refractivity contribution >= 4 is 40.9 Å². The van der Waals surface area contributed by atoms with Gasteiger partial charge in [-0.3, -0.25) is 9.69 Å². The Bertz CT molecular complexity index is 987. The molecule has 0 aliphatic carbocycles. The Kier molecular flexibility index (Phi) is 6.13. The standard InChI is InChI=1S/C22H23ClN2O4S/c1-13-8-18(9-14(2)20(13)23)28-12-17-6-5-15(29-17)10-19-21(26)25(22(30)24-19)11-16-4-3-7-27-16/h5-6,8-10,16H,3-4,7,11-12H2,1-2H3,(H,24,30)/b19-10+. The fourth-order valence-electron chi connectivity index (χ4n) is 3.57. The minimum Gasteiger partial charge on any atom is -0.486 e. The van der Waals surface area contributed by atoms with Gasteiger partial charge in [-0.15, -0.1) is 0 Å². The first-order chi connectivity index (χ1) is 14.4. The van der Waals surface area contributed by atoms with Crippen molar-refractivity contribution in [3.05, 3.63) is 57.6 Å². The average molecular weight is 447 g/mol. The Hall–Kier alpha value is -2.35. The third-order valence-corrected chi connectivity index (χ3v) is 6.05. The van der Waals surface area contributed by atoms with E-state index >= 15 is 0 Å². The van der Waals surface area contributed by atoms with Crippen molar-refractivity contribution in [2.45, 2.75) is 39.4 Å². The van der Waals surface area contributed by atoms with E-state index in [-0.39, 0.29) is 18.6 Å². The van der Waals surface area contributed by atoms with Crippen molar-refractivity contribution < 1.29 is 18.7 Å². The maximum atomic E-state index is 12.7. The molecule has 1 aromatic heterocycles. The number of hydrogen-bond acceptors (Lipinski definition) is 5. The molecular formula is C22H23ClN2O4S. The number of rotatable bonds is 6. The van der Waals surface area contributed by atoms with E-state index in [1.807, 2.05) is 32.0 Å². The van der Waals surface area contributed by atoms with E-state index in [1.165, 1.54) is 0 Å². The summed E-state index contributed by atoms with van der Waals surface area (Å²) in [7, 11) is 0. The monoisotopic (exact) mass is 446 g/mol. The van der Waals surface area contributed by atoms with Crippen molar-refractivity contribution in [3.63, 3.8) is 0 Å². The molecule has 30 heavy (non-hydrogen) atoms. The van der Waals surface area contributed by atoms with Crippen LogP contribution in [0, 0.1) is 13.8 Å². The Balaban J connectivity index is 1.39. The highest BCUT2D eigenvalue weighted by Crippen LogP contribution is 2.27. The van der Waals surface area contributed by atoms with Crippen LogP contribution in [0.2, 0.25) is 5.02 Å². The van der Waals surface area contributed by atoms with Crippen LogP contribution in [0.4, 0.5) is 0 Å². The molecule has 3 heterocycles. The summed E-state index contributed by atoms with van der Waals surface area (Å²) in [5, 5.41) is 4.11. The summed E-state index contributed by atoms with van der Waals surface area (Å²) in [6.07, 6.45) is 3.66. The number of aryl methyl sites for hydroxylation is 2. The molecule has 158 valence electrons. The van der Waals surface area contributed by atoms with Gasteiger partial charge in [-0.25, -0.2) is 0 Å². The molecule has 6 nitrogen and oxygen atoms in total. The van der Waals surface area contributed by atoms with Gasteiger partial charge in [0, 0.05) is 17.7 Å². The normalized spacial score (nSPS) is 20.3. The molecule has 1 N–H and O–H groups in total. The number of ether oxygens (including phenoxy) is 2. The van der Waals surface area contributed by atoms with Crippen molar-refractivity contribution in [1.82, 2.24) is 10.2 Å². The van der Waals surface area contributed by atoms with E-state index in [0.29, 0.717) is 28.9 Å². The van der Waals surface area contributed by atoms with Crippen LogP contribution in [0.25, 0.3) is 6.08 Å². The van der Waals surface area contributed by atoms with Crippen molar-refractivity contribution in [2.75, 3.05) is 13.2 Å².